The average Bonchev–Trinajstić information content (AvgIpc) is 2.62. The van der Waals surface area contributed by atoms with Gasteiger partial charge in [0.25, 0.3) is 0 Å². The Morgan fingerprint density at radius 3 is 2.00 bits per heavy atom. The van der Waals surface area contributed by atoms with Crippen molar-refractivity contribution < 1.29 is 10.2 Å². The number of phenolic OH excluding ortho intramolecular Hbond substituents is 2. The van der Waals surface area contributed by atoms with Crippen LogP contribution in [0.5, 0.6) is 11.5 Å². The Balaban J connectivity index is 1.97. The maximum absolute atomic E-state index is 10.0. The first-order valence-corrected chi connectivity index (χ1v) is 9.94. The zero-order valence-corrected chi connectivity index (χ0v) is 17.2. The molecular weight excluding hydrogens is 334 g/mol. The van der Waals surface area contributed by atoms with Crippen molar-refractivity contribution in [2.75, 3.05) is 0 Å². The lowest BCUT2D eigenvalue weighted by Crippen LogP contribution is -2.20. The quantitative estimate of drug-likeness (QED) is 0.550. The third kappa shape index (κ3) is 5.49. The molecule has 0 amide bonds. The third-order valence-corrected chi connectivity index (χ3v) is 5.31. The number of hydrogen-bond donors (Lipinski definition) is 3. The van der Waals surface area contributed by atoms with Gasteiger partial charge in [0.2, 0.25) is 0 Å². The summed E-state index contributed by atoms with van der Waals surface area (Å²) in [6.07, 6.45) is 4.14. The van der Waals surface area contributed by atoms with Crippen molar-refractivity contribution in [2.24, 2.45) is 11.7 Å². The highest BCUT2D eigenvalue weighted by atomic mass is 16.3. The molecule has 1 radical (unpaired) electrons. The summed E-state index contributed by atoms with van der Waals surface area (Å²) in [7, 11) is 0. The van der Waals surface area contributed by atoms with E-state index in [9.17, 15) is 10.2 Å². The molecule has 2 aromatic carbocycles. The Morgan fingerprint density at radius 1 is 0.852 bits per heavy atom. The minimum Gasteiger partial charge on any atom is -0.508 e. The van der Waals surface area contributed by atoms with E-state index in [4.69, 9.17) is 5.73 Å². The Bertz CT molecular complexity index is 752. The van der Waals surface area contributed by atoms with Crippen LogP contribution in [0.2, 0.25) is 0 Å². The Hall–Kier alpha value is -2.00. The van der Waals surface area contributed by atoms with Gasteiger partial charge in [0.1, 0.15) is 11.5 Å². The van der Waals surface area contributed by atoms with E-state index in [-0.39, 0.29) is 17.9 Å². The van der Waals surface area contributed by atoms with Gasteiger partial charge in [-0.3, -0.25) is 0 Å². The van der Waals surface area contributed by atoms with Crippen LogP contribution in [0.3, 0.4) is 0 Å². The molecule has 0 saturated carbocycles. The monoisotopic (exact) mass is 368 g/mol. The predicted molar refractivity (Wildman–Crippen MR) is 113 cm³/mol. The number of benzene rings is 2. The summed E-state index contributed by atoms with van der Waals surface area (Å²) in [5.74, 6) is 1.52. The van der Waals surface area contributed by atoms with Crippen LogP contribution in [0.15, 0.2) is 36.4 Å². The summed E-state index contributed by atoms with van der Waals surface area (Å²) in [6.45, 7) is 10.5. The number of hydrogen-bond acceptors (Lipinski definition) is 3. The maximum atomic E-state index is 10.0. The van der Waals surface area contributed by atoms with Crippen molar-refractivity contribution in [1.82, 2.24) is 0 Å². The van der Waals surface area contributed by atoms with Crippen LogP contribution in [0.25, 0.3) is 0 Å². The van der Waals surface area contributed by atoms with Crippen LogP contribution in [0.1, 0.15) is 81.2 Å². The van der Waals surface area contributed by atoms with E-state index in [0.29, 0.717) is 17.4 Å². The molecule has 0 bridgehead atoms. The highest BCUT2D eigenvalue weighted by molar-refractivity contribution is 5.40. The van der Waals surface area contributed by atoms with Gasteiger partial charge in [0, 0.05) is 6.04 Å². The van der Waals surface area contributed by atoms with Crippen LogP contribution in [0.4, 0.5) is 0 Å². The fourth-order valence-corrected chi connectivity index (χ4v) is 3.43. The van der Waals surface area contributed by atoms with Gasteiger partial charge >= 0.3 is 0 Å². The number of aromatic hydroxyl groups is 2. The van der Waals surface area contributed by atoms with E-state index >= 15 is 0 Å². The average molecular weight is 369 g/mol. The molecular formula is C24H34NO2. The van der Waals surface area contributed by atoms with Gasteiger partial charge in [-0.25, -0.2) is 0 Å². The van der Waals surface area contributed by atoms with Gasteiger partial charge < -0.3 is 15.9 Å². The second-order valence-corrected chi connectivity index (χ2v) is 8.18. The van der Waals surface area contributed by atoms with E-state index in [1.165, 1.54) is 5.56 Å². The van der Waals surface area contributed by atoms with Crippen LogP contribution in [-0.2, 0) is 6.42 Å². The van der Waals surface area contributed by atoms with Crippen molar-refractivity contribution in [3.05, 3.63) is 65.1 Å². The van der Waals surface area contributed by atoms with Crippen molar-refractivity contribution in [2.45, 2.75) is 65.3 Å². The minimum atomic E-state index is -0.0888. The van der Waals surface area contributed by atoms with Crippen LogP contribution in [-0.4, -0.2) is 10.2 Å². The smallest absolute Gasteiger partial charge is 0.119 e. The molecule has 2 aromatic rings. The summed E-state index contributed by atoms with van der Waals surface area (Å²) >= 11 is 0. The Labute approximate surface area is 164 Å². The summed E-state index contributed by atoms with van der Waals surface area (Å²) in [6, 6.07) is 11.5. The second-order valence-electron chi connectivity index (χ2n) is 8.18. The molecule has 27 heavy (non-hydrogen) atoms. The van der Waals surface area contributed by atoms with Gasteiger partial charge in [-0.1, -0.05) is 58.9 Å². The summed E-state index contributed by atoms with van der Waals surface area (Å²) in [5, 5.41) is 20.0. The normalized spacial score (nSPS) is 13.9. The lowest BCUT2D eigenvalue weighted by atomic mass is 9.88. The van der Waals surface area contributed by atoms with Crippen molar-refractivity contribution >= 4 is 0 Å². The van der Waals surface area contributed by atoms with Crippen LogP contribution < -0.4 is 5.73 Å². The fourth-order valence-electron chi connectivity index (χ4n) is 3.43. The first-order chi connectivity index (χ1) is 12.7. The molecule has 3 nitrogen and oxygen atoms in total. The Morgan fingerprint density at radius 2 is 1.41 bits per heavy atom. The lowest BCUT2D eigenvalue weighted by molar-refractivity contribution is 0.462. The summed E-state index contributed by atoms with van der Waals surface area (Å²) in [5.41, 5.74) is 10.7. The molecule has 0 aliphatic rings. The second kappa shape index (κ2) is 9.27. The van der Waals surface area contributed by atoms with Gasteiger partial charge in [0.05, 0.1) is 0 Å². The molecule has 0 spiro atoms. The number of aryl methyl sites for hydroxylation is 1. The fraction of sp³-hybridized carbons (Fsp3) is 0.458. The highest BCUT2D eigenvalue weighted by Gasteiger charge is 2.17. The van der Waals surface area contributed by atoms with Crippen molar-refractivity contribution in [3.63, 3.8) is 0 Å². The van der Waals surface area contributed by atoms with Crippen LogP contribution in [0, 0.1) is 12.3 Å². The highest BCUT2D eigenvalue weighted by Crippen LogP contribution is 2.31. The standard InChI is InChI=1S/C24H34NO2/c1-15(2)20-13-18(9-11-22(20)26)8-6-7-17(5)24(25)19-10-12-23(27)21(14-19)16(3)4/h7,9-17,24,26-27H,6,8,25H2,1-5H3. The largest absolute Gasteiger partial charge is 0.508 e. The van der Waals surface area contributed by atoms with E-state index in [0.717, 1.165) is 29.5 Å². The van der Waals surface area contributed by atoms with Crippen LogP contribution >= 0.6 is 0 Å². The third-order valence-electron chi connectivity index (χ3n) is 5.31. The molecule has 2 atom stereocenters. The SMILES string of the molecule is CC(C)c1cc(CC[CH]C(C)C(N)c2ccc(O)c(C(C)C)c2)ccc1O. The first-order valence-electron chi connectivity index (χ1n) is 9.94. The van der Waals surface area contributed by atoms with Gasteiger partial charge in [-0.05, 0) is 71.4 Å². The molecule has 0 aromatic heterocycles. The molecule has 2 unspecified atom stereocenters. The zero-order chi connectivity index (χ0) is 20.1. The van der Waals surface area contributed by atoms with E-state index in [2.05, 4.69) is 47.1 Å². The lowest BCUT2D eigenvalue weighted by Gasteiger charge is -2.22. The van der Waals surface area contributed by atoms with E-state index in [1.54, 1.807) is 12.1 Å². The number of nitrogens with two attached hydrogens (primary N) is 1. The first kappa shape index (κ1) is 21.3. The molecule has 0 heterocycles. The topological polar surface area (TPSA) is 66.5 Å². The molecule has 0 aliphatic heterocycles. The van der Waals surface area contributed by atoms with Gasteiger partial charge in [0.15, 0.2) is 0 Å². The molecule has 4 N–H and O–H groups in total. The molecule has 3 heteroatoms. The molecule has 0 aliphatic carbocycles. The molecule has 147 valence electrons. The molecule has 2 rings (SSSR count). The number of rotatable bonds is 8. The van der Waals surface area contributed by atoms with Crippen molar-refractivity contribution in [3.8, 4) is 11.5 Å². The molecule has 0 saturated heterocycles. The summed E-state index contributed by atoms with van der Waals surface area (Å²) < 4.78 is 0. The molecule has 0 fully saturated rings. The maximum Gasteiger partial charge on any atom is 0.119 e. The van der Waals surface area contributed by atoms with E-state index < -0.39 is 0 Å². The van der Waals surface area contributed by atoms with Gasteiger partial charge in [-0.2, -0.15) is 0 Å². The zero-order valence-electron chi connectivity index (χ0n) is 17.2. The Kier molecular flexibility index (Phi) is 7.32. The predicted octanol–water partition coefficient (Wildman–Crippen LogP) is 5.82. The van der Waals surface area contributed by atoms with E-state index in [1.807, 2.05) is 18.2 Å². The van der Waals surface area contributed by atoms with Gasteiger partial charge in [-0.15, -0.1) is 0 Å². The minimum absolute atomic E-state index is 0.0888. The van der Waals surface area contributed by atoms with Crippen molar-refractivity contribution in [1.29, 1.82) is 0 Å². The summed E-state index contributed by atoms with van der Waals surface area (Å²) in [4.78, 5) is 0. The number of phenols is 2.